The van der Waals surface area contributed by atoms with Crippen LogP contribution in [0.1, 0.15) is 36.8 Å². The molecule has 0 heterocycles. The van der Waals surface area contributed by atoms with Gasteiger partial charge in [0.15, 0.2) is 0 Å². The number of amides is 2. The zero-order valence-electron chi connectivity index (χ0n) is 18.7. The van der Waals surface area contributed by atoms with Crippen LogP contribution in [0.3, 0.4) is 0 Å². The number of rotatable bonds is 6. The molecule has 2 aromatic carbocycles. The molecule has 1 aliphatic carbocycles. The summed E-state index contributed by atoms with van der Waals surface area (Å²) in [6.07, 6.45) is -2.03. The average molecular weight is 511 g/mol. The maximum absolute atomic E-state index is 12.3. The Morgan fingerprint density at radius 1 is 0.647 bits per heavy atom. The van der Waals surface area contributed by atoms with E-state index in [1.165, 1.54) is 24.3 Å². The van der Waals surface area contributed by atoms with Crippen molar-refractivity contribution in [3.8, 4) is 0 Å². The molecule has 0 bridgehead atoms. The average Bonchev–Trinajstić information content (AvgIpc) is 2.75. The molecule has 3 rings (SSSR count). The number of ether oxygens (including phenoxy) is 2. The highest BCUT2D eigenvalue weighted by Gasteiger charge is 2.29. The molecule has 0 aromatic heterocycles. The lowest BCUT2D eigenvalue weighted by Crippen LogP contribution is -2.38. The van der Waals surface area contributed by atoms with Gasteiger partial charge in [0.1, 0.15) is 12.2 Å². The van der Waals surface area contributed by atoms with E-state index in [4.69, 9.17) is 9.47 Å². The smallest absolute Gasteiger partial charge is 0.421 e. The first kappa shape index (κ1) is 25.5. The van der Waals surface area contributed by atoms with Gasteiger partial charge in [0.05, 0.1) is 9.79 Å². The molecular weight excluding hydrogens is 484 g/mol. The normalized spacial score (nSPS) is 18.5. The minimum atomic E-state index is -4.06. The van der Waals surface area contributed by atoms with Gasteiger partial charge >= 0.3 is 12.2 Å². The zero-order valence-corrected chi connectivity index (χ0v) is 20.3. The second kappa shape index (κ2) is 10.4. The summed E-state index contributed by atoms with van der Waals surface area (Å²) in [7, 11) is -8.11. The number of hydrogen-bond donors (Lipinski definition) is 2. The summed E-state index contributed by atoms with van der Waals surface area (Å²) in [5.74, 6) is 0. The van der Waals surface area contributed by atoms with E-state index in [0.717, 1.165) is 11.1 Å². The largest absolute Gasteiger partial charge is 0.446 e. The molecular formula is C22H26N2O8S2. The quantitative estimate of drug-likeness (QED) is 0.603. The molecule has 2 amide bonds. The molecule has 10 nitrogen and oxygen atoms in total. The highest BCUT2D eigenvalue weighted by molar-refractivity contribution is 7.90. The van der Waals surface area contributed by atoms with E-state index in [2.05, 4.69) is 0 Å². The van der Waals surface area contributed by atoms with Gasteiger partial charge in [-0.15, -0.1) is 0 Å². The molecule has 12 heteroatoms. The monoisotopic (exact) mass is 510 g/mol. The fraction of sp³-hybridized carbons (Fsp3) is 0.364. The van der Waals surface area contributed by atoms with Crippen LogP contribution in [-0.4, -0.2) is 41.2 Å². The summed E-state index contributed by atoms with van der Waals surface area (Å²) in [6.45, 7) is 3.62. The van der Waals surface area contributed by atoms with Crippen molar-refractivity contribution in [2.45, 2.75) is 61.5 Å². The number of carbonyl (C=O) groups is 2. The predicted octanol–water partition coefficient (Wildman–Crippen LogP) is 3.14. The second-order valence-electron chi connectivity index (χ2n) is 8.05. The van der Waals surface area contributed by atoms with Gasteiger partial charge in [0.2, 0.25) is 0 Å². The van der Waals surface area contributed by atoms with Gasteiger partial charge in [-0.25, -0.2) is 35.9 Å². The molecule has 0 spiro atoms. The molecule has 0 unspecified atom stereocenters. The lowest BCUT2D eigenvalue weighted by molar-refractivity contribution is 0.0251. The van der Waals surface area contributed by atoms with Crippen LogP contribution in [0, 0.1) is 13.8 Å². The molecule has 1 aliphatic rings. The Morgan fingerprint density at radius 3 is 1.24 bits per heavy atom. The van der Waals surface area contributed by atoms with Gasteiger partial charge in [-0.05, 0) is 63.8 Å². The minimum absolute atomic E-state index is 0.0567. The van der Waals surface area contributed by atoms with Crippen LogP contribution in [0.4, 0.5) is 9.59 Å². The summed E-state index contributed by atoms with van der Waals surface area (Å²) in [4.78, 5) is 24.0. The lowest BCUT2D eigenvalue weighted by atomic mass is 9.95. The Bertz CT molecular complexity index is 1130. The van der Waals surface area contributed by atoms with Crippen molar-refractivity contribution in [3.63, 3.8) is 0 Å². The summed E-state index contributed by atoms with van der Waals surface area (Å²) < 4.78 is 63.2. The molecule has 0 saturated heterocycles. The molecule has 1 saturated carbocycles. The molecule has 34 heavy (non-hydrogen) atoms. The van der Waals surface area contributed by atoms with Crippen molar-refractivity contribution in [2.24, 2.45) is 0 Å². The van der Waals surface area contributed by atoms with Crippen LogP contribution in [0.25, 0.3) is 0 Å². The van der Waals surface area contributed by atoms with E-state index in [-0.39, 0.29) is 9.79 Å². The minimum Gasteiger partial charge on any atom is -0.446 e. The van der Waals surface area contributed by atoms with Crippen LogP contribution in [0.2, 0.25) is 0 Å². The second-order valence-corrected chi connectivity index (χ2v) is 11.4. The number of benzene rings is 2. The van der Waals surface area contributed by atoms with Gasteiger partial charge in [-0.3, -0.25) is 0 Å². The first-order valence-corrected chi connectivity index (χ1v) is 13.5. The van der Waals surface area contributed by atoms with Crippen LogP contribution in [0.15, 0.2) is 58.3 Å². The SMILES string of the molecule is Cc1ccc(S(=O)(=O)NC(=O)OC2CCC(OC(=O)NS(=O)(=O)c3ccc(C)cc3)CC2)cc1. The van der Waals surface area contributed by atoms with Crippen LogP contribution < -0.4 is 9.44 Å². The third kappa shape index (κ3) is 6.94. The fourth-order valence-corrected chi connectivity index (χ4v) is 5.15. The first-order valence-electron chi connectivity index (χ1n) is 10.5. The summed E-state index contributed by atoms with van der Waals surface area (Å²) in [5.41, 5.74) is 1.75. The predicted molar refractivity (Wildman–Crippen MR) is 122 cm³/mol. The van der Waals surface area contributed by atoms with Crippen LogP contribution >= 0.6 is 0 Å². The number of nitrogens with one attached hydrogen (secondary N) is 2. The van der Waals surface area contributed by atoms with Crippen molar-refractivity contribution < 1.29 is 35.9 Å². The van der Waals surface area contributed by atoms with Gasteiger partial charge in [-0.1, -0.05) is 35.4 Å². The van der Waals surface area contributed by atoms with E-state index in [1.54, 1.807) is 24.3 Å². The molecule has 184 valence electrons. The Balaban J connectivity index is 1.45. The van der Waals surface area contributed by atoms with E-state index in [1.807, 2.05) is 23.3 Å². The molecule has 2 N–H and O–H groups in total. The van der Waals surface area contributed by atoms with Crippen LogP contribution in [-0.2, 0) is 29.5 Å². The Kier molecular flexibility index (Phi) is 7.82. The van der Waals surface area contributed by atoms with E-state index < -0.39 is 44.4 Å². The third-order valence-corrected chi connectivity index (χ3v) is 7.92. The standard InChI is InChI=1S/C22H26N2O8S2/c1-15-3-11-19(12-4-15)33(27,28)23-21(25)31-17-7-9-18(10-8-17)32-22(26)24-34(29,30)20-13-5-16(2)6-14-20/h3-6,11-14,17-18H,7-10H2,1-2H3,(H,23,25)(H,24,26). The van der Waals surface area contributed by atoms with Crippen molar-refractivity contribution in [1.82, 2.24) is 9.44 Å². The van der Waals surface area contributed by atoms with E-state index in [9.17, 15) is 26.4 Å². The van der Waals surface area contributed by atoms with E-state index in [0.29, 0.717) is 25.7 Å². The fourth-order valence-electron chi connectivity index (χ4n) is 3.39. The number of carbonyl (C=O) groups excluding carboxylic acids is 2. The Hall–Kier alpha value is -3.12. The maximum Gasteiger partial charge on any atom is 0.421 e. The van der Waals surface area contributed by atoms with Gasteiger partial charge in [0.25, 0.3) is 20.0 Å². The van der Waals surface area contributed by atoms with Crippen molar-refractivity contribution in [2.75, 3.05) is 0 Å². The van der Waals surface area contributed by atoms with Crippen molar-refractivity contribution >= 4 is 32.2 Å². The summed E-state index contributed by atoms with van der Waals surface area (Å²) >= 11 is 0. The topological polar surface area (TPSA) is 145 Å². The molecule has 1 fully saturated rings. The highest BCUT2D eigenvalue weighted by atomic mass is 32.2. The molecule has 0 aliphatic heterocycles. The number of aryl methyl sites for hydroxylation is 2. The zero-order chi connectivity index (χ0) is 24.9. The number of sulfonamides is 2. The maximum atomic E-state index is 12.3. The molecule has 2 aromatic rings. The molecule has 0 radical (unpaired) electrons. The Morgan fingerprint density at radius 2 is 0.941 bits per heavy atom. The summed E-state index contributed by atoms with van der Waals surface area (Å²) in [5, 5.41) is 0. The van der Waals surface area contributed by atoms with Gasteiger partial charge in [-0.2, -0.15) is 0 Å². The summed E-state index contributed by atoms with van der Waals surface area (Å²) in [6, 6.07) is 12.0. The first-order chi connectivity index (χ1) is 15.9. The van der Waals surface area contributed by atoms with E-state index >= 15 is 0 Å². The van der Waals surface area contributed by atoms with Crippen molar-refractivity contribution in [1.29, 1.82) is 0 Å². The van der Waals surface area contributed by atoms with Crippen molar-refractivity contribution in [3.05, 3.63) is 59.7 Å². The third-order valence-electron chi connectivity index (χ3n) is 5.27. The highest BCUT2D eigenvalue weighted by Crippen LogP contribution is 2.24. The van der Waals surface area contributed by atoms with Gasteiger partial charge < -0.3 is 9.47 Å². The Labute approximate surface area is 198 Å². The van der Waals surface area contributed by atoms with Crippen LogP contribution in [0.5, 0.6) is 0 Å². The van der Waals surface area contributed by atoms with Gasteiger partial charge in [0, 0.05) is 0 Å². The lowest BCUT2D eigenvalue weighted by Gasteiger charge is -2.28. The molecule has 0 atom stereocenters. The number of hydrogen-bond acceptors (Lipinski definition) is 8.